The van der Waals surface area contributed by atoms with Crippen molar-refractivity contribution in [2.45, 2.75) is 85.5 Å². The number of methoxy groups -OCH3 is 1. The van der Waals surface area contributed by atoms with Crippen molar-refractivity contribution in [2.24, 2.45) is 28.6 Å². The van der Waals surface area contributed by atoms with E-state index in [0.29, 0.717) is 34.5 Å². The minimum absolute atomic E-state index is 0.124. The number of ether oxygens (including phenoxy) is 3. The fraction of sp³-hybridized carbons (Fsp3) is 0.760. The van der Waals surface area contributed by atoms with E-state index in [1.165, 1.54) is 32.1 Å². The van der Waals surface area contributed by atoms with Crippen LogP contribution in [-0.2, 0) is 0 Å². The number of rotatable bonds is 3. The van der Waals surface area contributed by atoms with Crippen molar-refractivity contribution in [3.8, 4) is 17.2 Å². The third kappa shape index (κ3) is 3.32. The van der Waals surface area contributed by atoms with Gasteiger partial charge in [0, 0.05) is 25.5 Å². The van der Waals surface area contributed by atoms with Crippen LogP contribution in [0.4, 0.5) is 0 Å². The van der Waals surface area contributed by atoms with E-state index >= 15 is 0 Å². The van der Waals surface area contributed by atoms with Crippen LogP contribution in [-0.4, -0.2) is 18.0 Å². The fourth-order valence-electron chi connectivity index (χ4n) is 7.08. The lowest BCUT2D eigenvalue weighted by atomic mass is 9.45. The molecule has 0 spiro atoms. The highest BCUT2D eigenvalue weighted by Gasteiger charge is 2.56. The predicted molar refractivity (Wildman–Crippen MR) is 114 cm³/mol. The molecule has 2 fully saturated rings. The standard InChI is InChI=1S/C25H38O4/c1-15-9-10-20-23(2,3)11-8-12-25(20,6)21(15)22(26)16-13-18-19(14-17(16)27-7)29-24(4,5)28-18/h13-15,20-22,26H,8-12H2,1-7H3/t15-,20-,21?,22?,25-/m0/s1. The van der Waals surface area contributed by atoms with Crippen molar-refractivity contribution in [3.63, 3.8) is 0 Å². The van der Waals surface area contributed by atoms with Gasteiger partial charge in [-0.15, -0.1) is 0 Å². The van der Waals surface area contributed by atoms with Crippen molar-refractivity contribution < 1.29 is 19.3 Å². The second-order valence-corrected chi connectivity index (χ2v) is 11.1. The monoisotopic (exact) mass is 402 g/mol. The van der Waals surface area contributed by atoms with Crippen LogP contribution in [0.2, 0.25) is 0 Å². The third-order valence-electron chi connectivity index (χ3n) is 8.23. The Bertz CT molecular complexity index is 783. The predicted octanol–water partition coefficient (Wildman–Crippen LogP) is 6.11. The van der Waals surface area contributed by atoms with Crippen molar-refractivity contribution in [1.29, 1.82) is 0 Å². The number of benzene rings is 1. The van der Waals surface area contributed by atoms with E-state index in [4.69, 9.17) is 14.2 Å². The molecule has 0 saturated heterocycles. The first-order valence-corrected chi connectivity index (χ1v) is 11.3. The average molecular weight is 403 g/mol. The zero-order valence-corrected chi connectivity index (χ0v) is 19.2. The summed E-state index contributed by atoms with van der Waals surface area (Å²) in [6.45, 7) is 13.4. The first kappa shape index (κ1) is 20.8. The lowest BCUT2D eigenvalue weighted by molar-refractivity contribution is -0.134. The summed E-state index contributed by atoms with van der Waals surface area (Å²) in [5.74, 6) is 2.67. The Morgan fingerprint density at radius 1 is 1.03 bits per heavy atom. The fourth-order valence-corrected chi connectivity index (χ4v) is 7.08. The summed E-state index contributed by atoms with van der Waals surface area (Å²) in [6.07, 6.45) is 5.56. The molecule has 5 atom stereocenters. The van der Waals surface area contributed by atoms with E-state index in [2.05, 4.69) is 27.7 Å². The zero-order valence-electron chi connectivity index (χ0n) is 19.2. The van der Waals surface area contributed by atoms with E-state index in [0.717, 1.165) is 5.56 Å². The molecule has 4 nitrogen and oxygen atoms in total. The molecule has 1 N–H and O–H groups in total. The van der Waals surface area contributed by atoms with Gasteiger partial charge < -0.3 is 19.3 Å². The van der Waals surface area contributed by atoms with E-state index in [9.17, 15) is 5.11 Å². The van der Waals surface area contributed by atoms with Crippen LogP contribution < -0.4 is 14.2 Å². The van der Waals surface area contributed by atoms with Gasteiger partial charge in [0.1, 0.15) is 5.75 Å². The van der Waals surface area contributed by atoms with Gasteiger partial charge in [-0.05, 0) is 53.9 Å². The molecule has 1 aromatic rings. The molecular weight excluding hydrogens is 364 g/mol. The van der Waals surface area contributed by atoms with E-state index < -0.39 is 11.9 Å². The van der Waals surface area contributed by atoms with Gasteiger partial charge in [-0.1, -0.05) is 40.5 Å². The van der Waals surface area contributed by atoms with Crippen molar-refractivity contribution in [1.82, 2.24) is 0 Å². The molecule has 0 radical (unpaired) electrons. The third-order valence-corrected chi connectivity index (χ3v) is 8.23. The quantitative estimate of drug-likeness (QED) is 0.662. The molecule has 4 heteroatoms. The molecule has 4 rings (SSSR count). The van der Waals surface area contributed by atoms with Crippen LogP contribution in [0.25, 0.3) is 0 Å². The van der Waals surface area contributed by atoms with Crippen LogP contribution in [0, 0.1) is 28.6 Å². The number of aliphatic hydroxyl groups excluding tert-OH is 1. The largest absolute Gasteiger partial charge is 0.496 e. The zero-order chi connectivity index (χ0) is 21.2. The molecular formula is C25H38O4. The van der Waals surface area contributed by atoms with Gasteiger partial charge in [-0.3, -0.25) is 0 Å². The molecule has 29 heavy (non-hydrogen) atoms. The van der Waals surface area contributed by atoms with Crippen molar-refractivity contribution >= 4 is 0 Å². The van der Waals surface area contributed by atoms with Gasteiger partial charge in [0.15, 0.2) is 11.5 Å². The van der Waals surface area contributed by atoms with Crippen LogP contribution in [0.1, 0.15) is 85.3 Å². The highest BCUT2D eigenvalue weighted by atomic mass is 16.7. The van der Waals surface area contributed by atoms with Crippen LogP contribution in [0.3, 0.4) is 0 Å². The molecule has 1 heterocycles. The number of fused-ring (bicyclic) bond motifs is 2. The Kier molecular flexibility index (Phi) is 4.88. The first-order chi connectivity index (χ1) is 13.5. The molecule has 1 aliphatic heterocycles. The van der Waals surface area contributed by atoms with Gasteiger partial charge in [-0.25, -0.2) is 0 Å². The van der Waals surface area contributed by atoms with Crippen molar-refractivity contribution in [2.75, 3.05) is 7.11 Å². The minimum atomic E-state index is -0.695. The summed E-state index contributed by atoms with van der Waals surface area (Å²) >= 11 is 0. The normalized spacial score (nSPS) is 35.7. The Morgan fingerprint density at radius 2 is 1.69 bits per heavy atom. The van der Waals surface area contributed by atoms with Gasteiger partial charge in [0.25, 0.3) is 0 Å². The summed E-state index contributed by atoms with van der Waals surface area (Å²) in [6, 6.07) is 3.82. The van der Waals surface area contributed by atoms with Gasteiger partial charge in [0.2, 0.25) is 5.79 Å². The second kappa shape index (κ2) is 6.80. The number of aliphatic hydroxyl groups is 1. The molecule has 0 aromatic heterocycles. The summed E-state index contributed by atoms with van der Waals surface area (Å²) in [5, 5.41) is 11.8. The average Bonchev–Trinajstić information content (AvgIpc) is 2.91. The topological polar surface area (TPSA) is 47.9 Å². The smallest absolute Gasteiger partial charge is 0.246 e. The highest BCUT2D eigenvalue weighted by Crippen LogP contribution is 2.64. The summed E-state index contributed by atoms with van der Waals surface area (Å²) < 4.78 is 17.6. The lowest BCUT2D eigenvalue weighted by Crippen LogP contribution is -2.52. The van der Waals surface area contributed by atoms with E-state index in [1.54, 1.807) is 7.11 Å². The van der Waals surface area contributed by atoms with Gasteiger partial charge in [-0.2, -0.15) is 0 Å². The second-order valence-electron chi connectivity index (χ2n) is 11.1. The first-order valence-electron chi connectivity index (χ1n) is 11.3. The Hall–Kier alpha value is -1.42. The molecule has 2 aliphatic carbocycles. The highest BCUT2D eigenvalue weighted by molar-refractivity contribution is 5.53. The molecule has 0 bridgehead atoms. The lowest BCUT2D eigenvalue weighted by Gasteiger charge is -2.60. The maximum Gasteiger partial charge on any atom is 0.246 e. The van der Waals surface area contributed by atoms with Crippen LogP contribution in [0.15, 0.2) is 12.1 Å². The van der Waals surface area contributed by atoms with Gasteiger partial charge >= 0.3 is 0 Å². The molecule has 162 valence electrons. The maximum absolute atomic E-state index is 11.8. The van der Waals surface area contributed by atoms with Crippen molar-refractivity contribution in [3.05, 3.63) is 17.7 Å². The maximum atomic E-state index is 11.8. The Labute approximate surface area is 175 Å². The molecule has 3 aliphatic rings. The van der Waals surface area contributed by atoms with Crippen LogP contribution >= 0.6 is 0 Å². The SMILES string of the molecule is COc1cc2c(cc1C(O)C1[C@@H](C)CC[C@H]3C(C)(C)CCC[C@]13C)OC(C)(C)O2. The molecule has 2 unspecified atom stereocenters. The molecule has 1 aromatic carbocycles. The summed E-state index contributed by atoms with van der Waals surface area (Å²) in [5.41, 5.74) is 1.28. The summed E-state index contributed by atoms with van der Waals surface area (Å²) in [7, 11) is 1.66. The molecule has 0 amide bonds. The Balaban J connectivity index is 1.74. The van der Waals surface area contributed by atoms with E-state index in [1.807, 2.05) is 26.0 Å². The Morgan fingerprint density at radius 3 is 2.34 bits per heavy atom. The minimum Gasteiger partial charge on any atom is -0.496 e. The summed E-state index contributed by atoms with van der Waals surface area (Å²) in [4.78, 5) is 0. The molecule has 2 saturated carbocycles. The van der Waals surface area contributed by atoms with Crippen LogP contribution in [0.5, 0.6) is 17.2 Å². The number of hydrogen-bond donors (Lipinski definition) is 1. The number of hydrogen-bond acceptors (Lipinski definition) is 4. The van der Waals surface area contributed by atoms with Gasteiger partial charge in [0.05, 0.1) is 13.2 Å². The van der Waals surface area contributed by atoms with E-state index in [-0.39, 0.29) is 11.3 Å².